The third kappa shape index (κ3) is 4.44. The van der Waals surface area contributed by atoms with Gasteiger partial charge in [-0.25, -0.2) is 9.78 Å². The molecule has 1 unspecified atom stereocenters. The van der Waals surface area contributed by atoms with Gasteiger partial charge in [-0.15, -0.1) is 11.3 Å². The largest absolute Gasteiger partial charge is 0.476 e. The van der Waals surface area contributed by atoms with Gasteiger partial charge in [-0.05, 0) is 26.3 Å². The van der Waals surface area contributed by atoms with Crippen LogP contribution >= 0.6 is 11.3 Å². The molecule has 1 N–H and O–H groups in total. The molecule has 0 saturated heterocycles. The average Bonchev–Trinajstić information content (AvgIpc) is 2.65. The molecule has 0 aliphatic rings. The predicted octanol–water partition coefficient (Wildman–Crippen LogP) is 2.71. The molecule has 0 fully saturated rings. The first-order valence-electron chi connectivity index (χ1n) is 5.78. The van der Waals surface area contributed by atoms with E-state index in [4.69, 9.17) is 5.11 Å². The van der Waals surface area contributed by atoms with Crippen LogP contribution in [-0.4, -0.2) is 34.0 Å². The van der Waals surface area contributed by atoms with Crippen LogP contribution in [0, 0.1) is 5.92 Å². The van der Waals surface area contributed by atoms with Crippen LogP contribution in [0.15, 0.2) is 5.38 Å². The number of carboxylic acids is 1. The minimum Gasteiger partial charge on any atom is -0.476 e. The summed E-state index contributed by atoms with van der Waals surface area (Å²) >= 11 is 1.19. The Morgan fingerprint density at radius 3 is 2.65 bits per heavy atom. The maximum Gasteiger partial charge on any atom is 0.365 e. The normalized spacial score (nSPS) is 13.3. The number of thiazole rings is 1. The zero-order valence-electron chi connectivity index (χ0n) is 10.8. The number of carboxylic acid groups (broad SMARTS) is 1. The molecule has 4 nitrogen and oxygen atoms in total. The summed E-state index contributed by atoms with van der Waals surface area (Å²) < 4.78 is 0. The van der Waals surface area contributed by atoms with E-state index in [0.29, 0.717) is 18.5 Å². The lowest BCUT2D eigenvalue weighted by Crippen LogP contribution is -2.29. The average molecular weight is 256 g/mol. The molecule has 0 aliphatic carbocycles. The summed E-state index contributed by atoms with van der Waals surface area (Å²) in [5, 5.41) is 10.8. The molecular weight excluding hydrogens is 236 g/mol. The molecule has 0 saturated carbocycles. The van der Waals surface area contributed by atoms with Gasteiger partial charge in [-0.3, -0.25) is 4.90 Å². The molecule has 0 amide bonds. The molecule has 0 aromatic carbocycles. The standard InChI is InChI=1S/C12H20N2O2S/c1-8(2)5-9(3)14(4)6-10-7-17-11(13-10)12(15)16/h7-9H,5-6H2,1-4H3,(H,15,16). The maximum atomic E-state index is 10.7. The third-order valence-electron chi connectivity index (χ3n) is 2.71. The van der Waals surface area contributed by atoms with Gasteiger partial charge in [0.2, 0.25) is 5.01 Å². The van der Waals surface area contributed by atoms with E-state index in [1.165, 1.54) is 11.3 Å². The van der Waals surface area contributed by atoms with E-state index in [2.05, 4.69) is 30.7 Å². The number of hydrogen-bond acceptors (Lipinski definition) is 4. The number of aromatic carboxylic acids is 1. The van der Waals surface area contributed by atoms with Crippen LogP contribution in [0.3, 0.4) is 0 Å². The molecule has 1 aromatic rings. The van der Waals surface area contributed by atoms with Crippen molar-refractivity contribution in [3.63, 3.8) is 0 Å². The van der Waals surface area contributed by atoms with Crippen LogP contribution in [0.1, 0.15) is 42.7 Å². The highest BCUT2D eigenvalue weighted by Crippen LogP contribution is 2.15. The molecule has 17 heavy (non-hydrogen) atoms. The molecule has 0 radical (unpaired) electrons. The van der Waals surface area contributed by atoms with Crippen LogP contribution in [0.2, 0.25) is 0 Å². The molecular formula is C12H20N2O2S. The molecule has 1 aromatic heterocycles. The van der Waals surface area contributed by atoms with Gasteiger partial charge in [0.05, 0.1) is 5.69 Å². The van der Waals surface area contributed by atoms with Gasteiger partial charge in [0.1, 0.15) is 0 Å². The Balaban J connectivity index is 2.55. The molecule has 0 aliphatic heterocycles. The quantitative estimate of drug-likeness (QED) is 0.850. The van der Waals surface area contributed by atoms with Crippen molar-refractivity contribution in [2.75, 3.05) is 7.05 Å². The molecule has 5 heteroatoms. The first-order valence-corrected chi connectivity index (χ1v) is 6.66. The summed E-state index contributed by atoms with van der Waals surface area (Å²) in [5.74, 6) is -0.281. The lowest BCUT2D eigenvalue weighted by molar-refractivity contribution is 0.0696. The van der Waals surface area contributed by atoms with E-state index in [1.54, 1.807) is 0 Å². The van der Waals surface area contributed by atoms with Crippen molar-refractivity contribution >= 4 is 17.3 Å². The van der Waals surface area contributed by atoms with Gasteiger partial charge in [0.15, 0.2) is 0 Å². The van der Waals surface area contributed by atoms with Gasteiger partial charge in [0, 0.05) is 18.0 Å². The van der Waals surface area contributed by atoms with E-state index in [1.807, 2.05) is 12.4 Å². The zero-order chi connectivity index (χ0) is 13.0. The van der Waals surface area contributed by atoms with Crippen molar-refractivity contribution < 1.29 is 9.90 Å². The van der Waals surface area contributed by atoms with E-state index < -0.39 is 5.97 Å². The summed E-state index contributed by atoms with van der Waals surface area (Å²) in [7, 11) is 2.05. The molecule has 0 bridgehead atoms. The second-order valence-electron chi connectivity index (χ2n) is 4.84. The Bertz CT molecular complexity index is 376. The predicted molar refractivity (Wildman–Crippen MR) is 69.5 cm³/mol. The minimum absolute atomic E-state index is 0.171. The highest BCUT2D eigenvalue weighted by molar-refractivity contribution is 7.11. The van der Waals surface area contributed by atoms with Gasteiger partial charge >= 0.3 is 5.97 Å². The fourth-order valence-corrected chi connectivity index (χ4v) is 2.40. The van der Waals surface area contributed by atoms with E-state index in [0.717, 1.165) is 12.1 Å². The maximum absolute atomic E-state index is 10.7. The van der Waals surface area contributed by atoms with Crippen LogP contribution in [0.4, 0.5) is 0 Å². The van der Waals surface area contributed by atoms with Crippen LogP contribution in [0.25, 0.3) is 0 Å². The van der Waals surface area contributed by atoms with Crippen molar-refractivity contribution in [3.8, 4) is 0 Å². The zero-order valence-corrected chi connectivity index (χ0v) is 11.6. The molecule has 1 atom stereocenters. The minimum atomic E-state index is -0.945. The lowest BCUT2D eigenvalue weighted by atomic mass is 10.0. The molecule has 96 valence electrons. The lowest BCUT2D eigenvalue weighted by Gasteiger charge is -2.25. The second-order valence-corrected chi connectivity index (χ2v) is 5.70. The Kier molecular flexibility index (Phi) is 5.08. The van der Waals surface area contributed by atoms with Gasteiger partial charge in [-0.1, -0.05) is 13.8 Å². The summed E-state index contributed by atoms with van der Waals surface area (Å²) in [6.07, 6.45) is 1.13. The van der Waals surface area contributed by atoms with E-state index in [9.17, 15) is 4.79 Å². The highest BCUT2D eigenvalue weighted by atomic mass is 32.1. The monoisotopic (exact) mass is 256 g/mol. The summed E-state index contributed by atoms with van der Waals surface area (Å²) in [6, 6.07) is 0.477. The highest BCUT2D eigenvalue weighted by Gasteiger charge is 2.14. The Labute approximate surface area is 106 Å². The second kappa shape index (κ2) is 6.12. The number of carbonyl (C=O) groups is 1. The van der Waals surface area contributed by atoms with Crippen LogP contribution < -0.4 is 0 Å². The third-order valence-corrected chi connectivity index (χ3v) is 3.59. The molecule has 1 rings (SSSR count). The Morgan fingerprint density at radius 1 is 1.53 bits per heavy atom. The van der Waals surface area contributed by atoms with E-state index >= 15 is 0 Å². The number of nitrogens with zero attached hydrogens (tertiary/aromatic N) is 2. The number of aromatic nitrogens is 1. The van der Waals surface area contributed by atoms with Crippen molar-refractivity contribution in [3.05, 3.63) is 16.1 Å². The number of hydrogen-bond donors (Lipinski definition) is 1. The summed E-state index contributed by atoms with van der Waals surface area (Å²) in [6.45, 7) is 7.30. The number of rotatable bonds is 6. The summed E-state index contributed by atoms with van der Waals surface area (Å²) in [4.78, 5) is 17.0. The van der Waals surface area contributed by atoms with Crippen molar-refractivity contribution in [2.45, 2.75) is 39.8 Å². The van der Waals surface area contributed by atoms with E-state index in [-0.39, 0.29) is 5.01 Å². The van der Waals surface area contributed by atoms with Gasteiger partial charge in [-0.2, -0.15) is 0 Å². The summed E-state index contributed by atoms with van der Waals surface area (Å²) in [5.41, 5.74) is 0.838. The van der Waals surface area contributed by atoms with Gasteiger partial charge in [0.25, 0.3) is 0 Å². The first-order chi connectivity index (χ1) is 7.90. The molecule has 1 heterocycles. The fourth-order valence-electron chi connectivity index (χ4n) is 1.75. The van der Waals surface area contributed by atoms with Crippen LogP contribution in [0.5, 0.6) is 0 Å². The molecule has 0 spiro atoms. The van der Waals surface area contributed by atoms with Crippen molar-refractivity contribution in [1.29, 1.82) is 0 Å². The van der Waals surface area contributed by atoms with Gasteiger partial charge < -0.3 is 5.11 Å². The first kappa shape index (κ1) is 14.1. The smallest absolute Gasteiger partial charge is 0.365 e. The van der Waals surface area contributed by atoms with Crippen molar-refractivity contribution in [2.24, 2.45) is 5.92 Å². The SMILES string of the molecule is CC(C)CC(C)N(C)Cc1csc(C(=O)O)n1. The topological polar surface area (TPSA) is 53.4 Å². The Morgan fingerprint density at radius 2 is 2.18 bits per heavy atom. The van der Waals surface area contributed by atoms with Crippen LogP contribution in [-0.2, 0) is 6.54 Å². The fraction of sp³-hybridized carbons (Fsp3) is 0.667. The van der Waals surface area contributed by atoms with Crippen molar-refractivity contribution in [1.82, 2.24) is 9.88 Å². The Hall–Kier alpha value is -0.940.